The van der Waals surface area contributed by atoms with Gasteiger partial charge in [-0.25, -0.2) is 0 Å². The van der Waals surface area contributed by atoms with Gasteiger partial charge in [-0.3, -0.25) is 19.5 Å². The number of carboxylic acids is 1. The zero-order valence-electron chi connectivity index (χ0n) is 14.3. The molecule has 0 radical (unpaired) electrons. The van der Waals surface area contributed by atoms with Gasteiger partial charge in [-0.05, 0) is 38.6 Å². The Morgan fingerprint density at radius 2 is 1.96 bits per heavy atom. The Bertz CT molecular complexity index is 689. The summed E-state index contributed by atoms with van der Waals surface area (Å²) in [5.41, 5.74) is 1.98. The predicted octanol–water partition coefficient (Wildman–Crippen LogP) is 2.20. The van der Waals surface area contributed by atoms with Crippen LogP contribution in [0.4, 0.5) is 11.4 Å². The third kappa shape index (κ3) is 2.82. The van der Waals surface area contributed by atoms with Crippen molar-refractivity contribution in [2.45, 2.75) is 32.9 Å². The number of fused-ring (bicyclic) bond motifs is 1. The second kappa shape index (κ2) is 6.36. The minimum atomic E-state index is -1.17. The Kier molecular flexibility index (Phi) is 4.41. The van der Waals surface area contributed by atoms with Gasteiger partial charge in [-0.2, -0.15) is 0 Å². The molecule has 6 nitrogen and oxygen atoms in total. The van der Waals surface area contributed by atoms with Crippen LogP contribution in [0.25, 0.3) is 0 Å². The second-order valence-corrected chi connectivity index (χ2v) is 6.59. The zero-order valence-corrected chi connectivity index (χ0v) is 14.3. The summed E-state index contributed by atoms with van der Waals surface area (Å²) in [5, 5.41) is 9.07. The van der Waals surface area contributed by atoms with Crippen LogP contribution >= 0.6 is 0 Å². The zero-order chi connectivity index (χ0) is 17.4. The first-order valence-electron chi connectivity index (χ1n) is 8.38. The van der Waals surface area contributed by atoms with E-state index >= 15 is 0 Å². The minimum Gasteiger partial charge on any atom is -0.480 e. The molecule has 24 heavy (non-hydrogen) atoms. The van der Waals surface area contributed by atoms with Crippen LogP contribution in [0.1, 0.15) is 31.1 Å². The quantitative estimate of drug-likeness (QED) is 0.861. The molecule has 0 saturated carbocycles. The number of carboxylic acid groups (broad SMARTS) is 1. The number of hydrogen-bond donors (Lipinski definition) is 1. The van der Waals surface area contributed by atoms with Crippen LogP contribution in [0, 0.1) is 5.92 Å². The number of likely N-dealkylation sites (N-methyl/N-ethyl adjacent to an activating group) is 1. The van der Waals surface area contributed by atoms with Crippen LogP contribution in [0.5, 0.6) is 0 Å². The molecule has 3 unspecified atom stereocenters. The molecular weight excluding hydrogens is 306 g/mol. The number of piperazine rings is 1. The third-order valence-electron chi connectivity index (χ3n) is 4.99. The minimum absolute atomic E-state index is 0.391. The molecule has 0 spiro atoms. The van der Waals surface area contributed by atoms with E-state index < -0.39 is 17.7 Å². The number of nitrogens with zero attached hydrogens (tertiary/aromatic N) is 3. The molecule has 2 heterocycles. The number of rotatable bonds is 3. The van der Waals surface area contributed by atoms with Crippen molar-refractivity contribution < 1.29 is 14.7 Å². The first-order valence-corrected chi connectivity index (χ1v) is 8.38. The van der Waals surface area contributed by atoms with Crippen LogP contribution in [0.15, 0.2) is 23.2 Å². The molecule has 0 bridgehead atoms. The van der Waals surface area contributed by atoms with Crippen LogP contribution in [-0.4, -0.2) is 59.7 Å². The number of aliphatic carboxylic acids is 1. The van der Waals surface area contributed by atoms with Gasteiger partial charge in [0, 0.05) is 42.6 Å². The van der Waals surface area contributed by atoms with E-state index in [9.17, 15) is 9.59 Å². The molecule has 1 aromatic rings. The fraction of sp³-hybridized carbons (Fsp3) is 0.500. The maximum Gasteiger partial charge on any atom is 0.319 e. The summed E-state index contributed by atoms with van der Waals surface area (Å²) >= 11 is 0. The number of anilines is 1. The van der Waals surface area contributed by atoms with Crippen LogP contribution in [0.2, 0.25) is 0 Å². The van der Waals surface area contributed by atoms with Crippen molar-refractivity contribution in [3.05, 3.63) is 23.8 Å². The molecule has 1 fully saturated rings. The van der Waals surface area contributed by atoms with Crippen LogP contribution in [0.3, 0.4) is 0 Å². The fourth-order valence-corrected chi connectivity index (χ4v) is 3.79. The standard InChI is InChI=1S/C18H23N3O3/c1-4-21-11(2)9-20(10-12(21)3)13-5-6-14-16(7-13)19-8-15(17(14)22)18(23)24/h5-8,11-12,15H,4,9-10H2,1-3H3,(H,23,24). The lowest BCUT2D eigenvalue weighted by molar-refractivity contribution is -0.137. The van der Waals surface area contributed by atoms with Crippen molar-refractivity contribution in [2.24, 2.45) is 10.9 Å². The second-order valence-electron chi connectivity index (χ2n) is 6.59. The number of carbonyl (C=O) groups is 2. The van der Waals surface area contributed by atoms with Crippen molar-refractivity contribution in [1.29, 1.82) is 0 Å². The molecule has 3 rings (SSSR count). The molecule has 3 atom stereocenters. The van der Waals surface area contributed by atoms with Gasteiger partial charge in [0.2, 0.25) is 0 Å². The van der Waals surface area contributed by atoms with Crippen molar-refractivity contribution in [2.75, 3.05) is 24.5 Å². The number of ketones is 1. The van der Waals surface area contributed by atoms with Gasteiger partial charge in [0.05, 0.1) is 5.69 Å². The summed E-state index contributed by atoms with van der Waals surface area (Å²) in [4.78, 5) is 32.3. The van der Waals surface area contributed by atoms with Gasteiger partial charge in [-0.1, -0.05) is 6.92 Å². The van der Waals surface area contributed by atoms with Crippen molar-refractivity contribution >= 4 is 29.3 Å². The predicted molar refractivity (Wildman–Crippen MR) is 93.6 cm³/mol. The third-order valence-corrected chi connectivity index (χ3v) is 4.99. The lowest BCUT2D eigenvalue weighted by Gasteiger charge is -2.45. The summed E-state index contributed by atoms with van der Waals surface area (Å²) in [6.07, 6.45) is 1.23. The van der Waals surface area contributed by atoms with E-state index in [1.54, 1.807) is 6.07 Å². The van der Waals surface area contributed by atoms with Gasteiger partial charge >= 0.3 is 5.97 Å². The summed E-state index contributed by atoms with van der Waals surface area (Å²) < 4.78 is 0. The Morgan fingerprint density at radius 1 is 1.29 bits per heavy atom. The molecular formula is C18H23N3O3. The average molecular weight is 329 g/mol. The Morgan fingerprint density at radius 3 is 2.54 bits per heavy atom. The fourth-order valence-electron chi connectivity index (χ4n) is 3.79. The molecule has 0 aromatic heterocycles. The Hall–Kier alpha value is -2.21. The van der Waals surface area contributed by atoms with E-state index in [1.807, 2.05) is 12.1 Å². The summed E-state index contributed by atoms with van der Waals surface area (Å²) in [7, 11) is 0. The molecule has 2 aliphatic heterocycles. The lowest BCUT2D eigenvalue weighted by atomic mass is 9.94. The van der Waals surface area contributed by atoms with E-state index in [0.29, 0.717) is 23.3 Å². The molecule has 6 heteroatoms. The van der Waals surface area contributed by atoms with Gasteiger partial charge in [0.15, 0.2) is 11.7 Å². The lowest BCUT2D eigenvalue weighted by Crippen LogP contribution is -2.56. The van der Waals surface area contributed by atoms with E-state index in [4.69, 9.17) is 5.11 Å². The molecule has 1 aromatic carbocycles. The molecule has 1 N–H and O–H groups in total. The SMILES string of the molecule is CCN1C(C)CN(c2ccc3c(c2)N=CC(C(=O)O)C3=O)CC1C. The number of Topliss-reactive ketones (excluding diaryl/α,β-unsaturated/α-hetero) is 1. The van der Waals surface area contributed by atoms with Gasteiger partial charge < -0.3 is 10.0 Å². The average Bonchev–Trinajstić information content (AvgIpc) is 2.54. The highest BCUT2D eigenvalue weighted by atomic mass is 16.4. The largest absolute Gasteiger partial charge is 0.480 e. The van der Waals surface area contributed by atoms with Crippen molar-refractivity contribution in [3.8, 4) is 0 Å². The van der Waals surface area contributed by atoms with E-state index in [0.717, 1.165) is 25.3 Å². The molecule has 128 valence electrons. The highest BCUT2D eigenvalue weighted by Crippen LogP contribution is 2.32. The number of hydrogen-bond acceptors (Lipinski definition) is 5. The summed E-state index contributed by atoms with van der Waals surface area (Å²) in [5.74, 6) is -2.72. The smallest absolute Gasteiger partial charge is 0.319 e. The topological polar surface area (TPSA) is 73.2 Å². The van der Waals surface area contributed by atoms with E-state index in [-0.39, 0.29) is 0 Å². The Labute approximate surface area is 141 Å². The van der Waals surface area contributed by atoms with E-state index in [1.165, 1.54) is 6.21 Å². The maximum atomic E-state index is 12.2. The summed E-state index contributed by atoms with van der Waals surface area (Å²) in [6.45, 7) is 9.52. The van der Waals surface area contributed by atoms with Crippen LogP contribution in [-0.2, 0) is 4.79 Å². The molecule has 0 amide bonds. The number of benzene rings is 1. The normalized spacial score (nSPS) is 27.2. The van der Waals surface area contributed by atoms with E-state index in [2.05, 4.69) is 35.6 Å². The van der Waals surface area contributed by atoms with Crippen molar-refractivity contribution in [3.63, 3.8) is 0 Å². The summed E-state index contributed by atoms with van der Waals surface area (Å²) in [6, 6.07) is 6.41. The number of aliphatic imine (C=N–C) groups is 1. The molecule has 1 saturated heterocycles. The maximum absolute atomic E-state index is 12.2. The van der Waals surface area contributed by atoms with Gasteiger partial charge in [-0.15, -0.1) is 0 Å². The Balaban J connectivity index is 1.86. The van der Waals surface area contributed by atoms with Crippen LogP contribution < -0.4 is 4.90 Å². The highest BCUT2D eigenvalue weighted by molar-refractivity contribution is 6.22. The molecule has 0 aliphatic carbocycles. The number of carbonyl (C=O) groups excluding carboxylic acids is 1. The molecule has 2 aliphatic rings. The van der Waals surface area contributed by atoms with Gasteiger partial charge in [0.25, 0.3) is 0 Å². The monoisotopic (exact) mass is 329 g/mol. The van der Waals surface area contributed by atoms with Gasteiger partial charge in [0.1, 0.15) is 0 Å². The first-order chi connectivity index (χ1) is 11.4. The van der Waals surface area contributed by atoms with Crippen molar-refractivity contribution in [1.82, 2.24) is 4.90 Å². The highest BCUT2D eigenvalue weighted by Gasteiger charge is 2.32. The first kappa shape index (κ1) is 16.6.